The number of aromatic carboxylic acids is 1. The highest BCUT2D eigenvalue weighted by Crippen LogP contribution is 2.26. The van der Waals surface area contributed by atoms with Crippen molar-refractivity contribution in [2.24, 2.45) is 0 Å². The van der Waals surface area contributed by atoms with E-state index in [2.05, 4.69) is 4.98 Å². The van der Waals surface area contributed by atoms with Gasteiger partial charge >= 0.3 is 5.97 Å². The van der Waals surface area contributed by atoms with Gasteiger partial charge in [0.25, 0.3) is 0 Å². The highest BCUT2D eigenvalue weighted by Gasteiger charge is 2.32. The average Bonchev–Trinajstić information content (AvgIpc) is 2.68. The van der Waals surface area contributed by atoms with Crippen molar-refractivity contribution in [1.29, 1.82) is 0 Å². The number of hydrogen-bond acceptors (Lipinski definition) is 5. The summed E-state index contributed by atoms with van der Waals surface area (Å²) < 4.78 is 22.9. The minimum Gasteiger partial charge on any atom is -0.478 e. The number of rotatable bonds is 3. The summed E-state index contributed by atoms with van der Waals surface area (Å²) in [5.41, 5.74) is 0.0104. The molecule has 0 spiro atoms. The Morgan fingerprint density at radius 1 is 1.53 bits per heavy atom. The number of pyridine rings is 1. The van der Waals surface area contributed by atoms with Crippen LogP contribution in [0.3, 0.4) is 0 Å². The third-order valence-corrected chi connectivity index (χ3v) is 5.12. The summed E-state index contributed by atoms with van der Waals surface area (Å²) in [7, 11) is -1.41. The average molecular weight is 305 g/mol. The van der Waals surface area contributed by atoms with E-state index in [1.807, 2.05) is 0 Å². The van der Waals surface area contributed by atoms with E-state index in [4.69, 9.17) is 16.7 Å². The van der Waals surface area contributed by atoms with Crippen LogP contribution in [-0.4, -0.2) is 49.1 Å². The molecule has 1 aliphatic rings. The van der Waals surface area contributed by atoms with E-state index in [-0.39, 0.29) is 34.1 Å². The molecule has 2 rings (SSSR count). The first-order chi connectivity index (χ1) is 8.80. The molecule has 0 aromatic carbocycles. The van der Waals surface area contributed by atoms with Gasteiger partial charge in [-0.1, -0.05) is 11.6 Å². The lowest BCUT2D eigenvalue weighted by atomic mass is 10.2. The van der Waals surface area contributed by atoms with Crippen LogP contribution >= 0.6 is 11.6 Å². The van der Waals surface area contributed by atoms with Gasteiger partial charge in [-0.2, -0.15) is 0 Å². The fourth-order valence-corrected chi connectivity index (χ4v) is 4.03. The van der Waals surface area contributed by atoms with E-state index >= 15 is 0 Å². The fourth-order valence-electron chi connectivity index (χ4n) is 2.11. The Morgan fingerprint density at radius 2 is 2.21 bits per heavy atom. The number of carboxylic acids is 1. The van der Waals surface area contributed by atoms with E-state index in [0.717, 1.165) is 0 Å². The first kappa shape index (κ1) is 14.1. The van der Waals surface area contributed by atoms with Gasteiger partial charge in [0.05, 0.1) is 11.5 Å². The predicted octanol–water partition coefficient (Wildman–Crippen LogP) is 1.06. The highest BCUT2D eigenvalue weighted by molar-refractivity contribution is 7.91. The maximum atomic E-state index is 11.5. The van der Waals surface area contributed by atoms with Crippen molar-refractivity contribution < 1.29 is 18.3 Å². The standard InChI is InChI=1S/C11H13ClN2O4S/c1-14(7-4-5-19(17,18)6-7)10-8(11(15)16)2-3-9(12)13-10/h2-3,7H,4-6H2,1H3,(H,15,16). The molecule has 2 heterocycles. The van der Waals surface area contributed by atoms with Crippen LogP contribution in [0.2, 0.25) is 5.15 Å². The van der Waals surface area contributed by atoms with Gasteiger partial charge in [0.1, 0.15) is 16.5 Å². The van der Waals surface area contributed by atoms with Crippen LogP contribution < -0.4 is 4.90 Å². The van der Waals surface area contributed by atoms with Crippen molar-refractivity contribution in [3.63, 3.8) is 0 Å². The van der Waals surface area contributed by atoms with E-state index in [1.54, 1.807) is 11.9 Å². The van der Waals surface area contributed by atoms with Crippen LogP contribution in [0.5, 0.6) is 0 Å². The van der Waals surface area contributed by atoms with Gasteiger partial charge in [0, 0.05) is 13.1 Å². The van der Waals surface area contributed by atoms with Crippen LogP contribution in [0, 0.1) is 0 Å². The van der Waals surface area contributed by atoms with E-state index in [0.29, 0.717) is 6.42 Å². The molecule has 1 fully saturated rings. The zero-order chi connectivity index (χ0) is 14.2. The normalized spacial score (nSPS) is 21.3. The van der Waals surface area contributed by atoms with Crippen molar-refractivity contribution >= 4 is 33.2 Å². The lowest BCUT2D eigenvalue weighted by Gasteiger charge is -2.25. The van der Waals surface area contributed by atoms with Gasteiger partial charge in [0.2, 0.25) is 0 Å². The Balaban J connectivity index is 2.36. The van der Waals surface area contributed by atoms with Crippen LogP contribution in [0.25, 0.3) is 0 Å². The summed E-state index contributed by atoms with van der Waals surface area (Å²) >= 11 is 5.78. The molecule has 1 atom stereocenters. The van der Waals surface area contributed by atoms with Gasteiger partial charge in [-0.05, 0) is 18.6 Å². The minimum absolute atomic E-state index is 0.0104. The molecule has 8 heteroatoms. The van der Waals surface area contributed by atoms with Gasteiger partial charge in [-0.15, -0.1) is 0 Å². The second-order valence-corrected chi connectivity index (χ2v) is 7.09. The highest BCUT2D eigenvalue weighted by atomic mass is 35.5. The molecule has 0 aliphatic carbocycles. The number of aromatic nitrogens is 1. The summed E-state index contributed by atoms with van der Waals surface area (Å²) in [6, 6.07) is 2.50. The summed E-state index contributed by atoms with van der Waals surface area (Å²) in [5.74, 6) is -0.796. The number of carboxylic acid groups (broad SMARTS) is 1. The van der Waals surface area contributed by atoms with Gasteiger partial charge in [0.15, 0.2) is 9.84 Å². The van der Waals surface area contributed by atoms with Crippen LogP contribution in [0.1, 0.15) is 16.8 Å². The molecule has 104 valence electrons. The number of anilines is 1. The van der Waals surface area contributed by atoms with Gasteiger partial charge < -0.3 is 10.0 Å². The lowest BCUT2D eigenvalue weighted by Crippen LogP contribution is -2.34. The van der Waals surface area contributed by atoms with Crippen LogP contribution in [-0.2, 0) is 9.84 Å². The summed E-state index contributed by atoms with van der Waals surface area (Å²) in [5, 5.41) is 9.30. The Morgan fingerprint density at radius 3 is 2.74 bits per heavy atom. The third-order valence-electron chi connectivity index (χ3n) is 3.16. The molecule has 1 aliphatic heterocycles. The third kappa shape index (κ3) is 2.98. The van der Waals surface area contributed by atoms with Crippen molar-refractivity contribution in [3.8, 4) is 0 Å². The molecule has 0 bridgehead atoms. The number of halogens is 1. The van der Waals surface area contributed by atoms with Crippen molar-refractivity contribution in [3.05, 3.63) is 22.8 Å². The summed E-state index contributed by atoms with van der Waals surface area (Å²) in [6.07, 6.45) is 0.464. The quantitative estimate of drug-likeness (QED) is 0.840. The molecular formula is C11H13ClN2O4S. The fraction of sp³-hybridized carbons (Fsp3) is 0.455. The SMILES string of the molecule is CN(c1nc(Cl)ccc1C(=O)O)C1CCS(=O)(=O)C1. The number of hydrogen-bond donors (Lipinski definition) is 1. The molecule has 1 unspecified atom stereocenters. The zero-order valence-corrected chi connectivity index (χ0v) is 11.8. The minimum atomic E-state index is -3.04. The maximum Gasteiger partial charge on any atom is 0.339 e. The van der Waals surface area contributed by atoms with Crippen molar-refractivity contribution in [1.82, 2.24) is 4.98 Å². The Hall–Kier alpha value is -1.34. The molecule has 1 aromatic rings. The Labute approximate surface area is 115 Å². The lowest BCUT2D eigenvalue weighted by molar-refractivity contribution is 0.0697. The Bertz CT molecular complexity index is 617. The van der Waals surface area contributed by atoms with Crippen molar-refractivity contribution in [2.45, 2.75) is 12.5 Å². The molecule has 1 aromatic heterocycles. The topological polar surface area (TPSA) is 87.6 Å². The second-order valence-electron chi connectivity index (χ2n) is 4.48. The smallest absolute Gasteiger partial charge is 0.339 e. The molecular weight excluding hydrogens is 292 g/mol. The number of nitrogens with zero attached hydrogens (tertiary/aromatic N) is 2. The molecule has 19 heavy (non-hydrogen) atoms. The zero-order valence-electron chi connectivity index (χ0n) is 10.2. The van der Waals surface area contributed by atoms with E-state index < -0.39 is 15.8 Å². The maximum absolute atomic E-state index is 11.5. The molecule has 6 nitrogen and oxygen atoms in total. The van der Waals surface area contributed by atoms with Crippen LogP contribution in [0.4, 0.5) is 5.82 Å². The summed E-state index contributed by atoms with van der Waals surface area (Å²) in [6.45, 7) is 0. The monoisotopic (exact) mass is 304 g/mol. The number of carbonyl (C=O) groups is 1. The molecule has 1 N–H and O–H groups in total. The second kappa shape index (κ2) is 4.97. The molecule has 0 radical (unpaired) electrons. The molecule has 0 amide bonds. The van der Waals surface area contributed by atoms with Crippen LogP contribution in [0.15, 0.2) is 12.1 Å². The van der Waals surface area contributed by atoms with Crippen molar-refractivity contribution in [2.75, 3.05) is 23.5 Å². The summed E-state index contributed by atoms with van der Waals surface area (Å²) in [4.78, 5) is 16.7. The van der Waals surface area contributed by atoms with E-state index in [9.17, 15) is 13.2 Å². The number of sulfone groups is 1. The largest absolute Gasteiger partial charge is 0.478 e. The Kier molecular flexibility index (Phi) is 3.69. The molecule has 1 saturated heterocycles. The first-order valence-corrected chi connectivity index (χ1v) is 7.83. The predicted molar refractivity (Wildman–Crippen MR) is 71.7 cm³/mol. The van der Waals surface area contributed by atoms with E-state index in [1.165, 1.54) is 12.1 Å². The van der Waals surface area contributed by atoms with Gasteiger partial charge in [-0.3, -0.25) is 0 Å². The first-order valence-electron chi connectivity index (χ1n) is 5.63. The van der Waals surface area contributed by atoms with Gasteiger partial charge in [-0.25, -0.2) is 18.2 Å². The molecule has 0 saturated carbocycles.